The molecule has 2 saturated heterocycles. The van der Waals surface area contributed by atoms with Gasteiger partial charge in [-0.05, 0) is 56.4 Å². The highest BCUT2D eigenvalue weighted by Crippen LogP contribution is 2.47. The van der Waals surface area contributed by atoms with Crippen molar-refractivity contribution in [3.63, 3.8) is 0 Å². The van der Waals surface area contributed by atoms with Gasteiger partial charge in [-0.2, -0.15) is 10.5 Å². The van der Waals surface area contributed by atoms with Crippen molar-refractivity contribution < 1.29 is 4.79 Å². The molecule has 1 aliphatic carbocycles. The number of aromatic nitrogens is 1. The molecule has 0 N–H and O–H groups in total. The van der Waals surface area contributed by atoms with Crippen molar-refractivity contribution in [3.05, 3.63) is 52.7 Å². The lowest BCUT2D eigenvalue weighted by atomic mass is 9.94. The second-order valence-corrected chi connectivity index (χ2v) is 9.23. The molecule has 0 unspecified atom stereocenters. The summed E-state index contributed by atoms with van der Waals surface area (Å²) < 4.78 is 0. The fraction of sp³-hybridized carbons (Fsp3) is 0.417. The van der Waals surface area contributed by atoms with Crippen LogP contribution in [-0.2, 0) is 5.41 Å². The van der Waals surface area contributed by atoms with Gasteiger partial charge in [-0.25, -0.2) is 0 Å². The Morgan fingerprint density at radius 1 is 1.26 bits per heavy atom. The zero-order valence-corrected chi connectivity index (χ0v) is 18.0. The number of nitriles is 2. The van der Waals surface area contributed by atoms with Crippen molar-refractivity contribution >= 4 is 17.5 Å². The average Bonchev–Trinajstić information content (AvgIpc) is 3.41. The molecule has 7 heteroatoms. The number of amides is 1. The first-order chi connectivity index (χ1) is 15.0. The summed E-state index contributed by atoms with van der Waals surface area (Å²) in [4.78, 5) is 21.5. The molecule has 2 aromatic rings. The Hall–Kier alpha value is -3.09. The molecule has 1 amide bonds. The predicted octanol–water partition coefficient (Wildman–Crippen LogP) is 4.12. The number of hydrogen-bond acceptors (Lipinski definition) is 5. The molecule has 3 atom stereocenters. The molecule has 0 spiro atoms. The quantitative estimate of drug-likeness (QED) is 0.680. The molecule has 156 valence electrons. The number of rotatable bonds is 4. The molecule has 1 aromatic carbocycles. The van der Waals surface area contributed by atoms with Gasteiger partial charge in [-0.3, -0.25) is 9.78 Å². The summed E-state index contributed by atoms with van der Waals surface area (Å²) in [5, 5.41) is 19.2. The second-order valence-electron chi connectivity index (χ2n) is 8.82. The van der Waals surface area contributed by atoms with E-state index in [0.29, 0.717) is 10.6 Å². The minimum atomic E-state index is -0.448. The first kappa shape index (κ1) is 19.8. The highest BCUT2D eigenvalue weighted by molar-refractivity contribution is 6.34. The summed E-state index contributed by atoms with van der Waals surface area (Å²) in [6.07, 6.45) is 6.76. The van der Waals surface area contributed by atoms with E-state index >= 15 is 0 Å². The SMILES string of the molecule is CN(C(=O)c1ccc(-c2cccc(C3(C#N)CC3)n2)cc1Cl)[C@@H]1C[C@@H]2CC[C@H]1N2C#N. The molecule has 1 aromatic heterocycles. The van der Waals surface area contributed by atoms with Gasteiger partial charge in [-0.15, -0.1) is 0 Å². The van der Waals surface area contributed by atoms with E-state index < -0.39 is 5.41 Å². The third-order valence-electron chi connectivity index (χ3n) is 7.14. The smallest absolute Gasteiger partial charge is 0.255 e. The van der Waals surface area contributed by atoms with Crippen molar-refractivity contribution in [2.24, 2.45) is 0 Å². The van der Waals surface area contributed by atoms with Crippen LogP contribution in [0.3, 0.4) is 0 Å². The lowest BCUT2D eigenvalue weighted by Gasteiger charge is -2.31. The Morgan fingerprint density at radius 2 is 2.06 bits per heavy atom. The summed E-state index contributed by atoms with van der Waals surface area (Å²) >= 11 is 6.54. The first-order valence-electron chi connectivity index (χ1n) is 10.6. The summed E-state index contributed by atoms with van der Waals surface area (Å²) in [6.45, 7) is 0. The summed E-state index contributed by atoms with van der Waals surface area (Å²) in [6, 6.07) is 13.8. The lowest BCUT2D eigenvalue weighted by molar-refractivity contribution is 0.0699. The van der Waals surface area contributed by atoms with E-state index in [0.717, 1.165) is 49.1 Å². The fourth-order valence-corrected chi connectivity index (χ4v) is 5.39. The van der Waals surface area contributed by atoms with E-state index in [9.17, 15) is 15.3 Å². The maximum absolute atomic E-state index is 13.2. The maximum Gasteiger partial charge on any atom is 0.255 e. The second kappa shape index (κ2) is 7.25. The van der Waals surface area contributed by atoms with Crippen LogP contribution in [0.2, 0.25) is 5.02 Å². The summed E-state index contributed by atoms with van der Waals surface area (Å²) in [5.41, 5.74) is 2.35. The number of benzene rings is 1. The molecule has 31 heavy (non-hydrogen) atoms. The number of pyridine rings is 1. The Morgan fingerprint density at radius 3 is 2.71 bits per heavy atom. The standard InChI is InChI=1S/C24H22ClN5O/c1-29(21-12-16-6-8-20(21)30(16)14-27)23(31)17-7-5-15(11-18(17)25)19-3-2-4-22(28-19)24(13-26)9-10-24/h2-5,7,11,16,20-21H,6,8-10,12H2,1H3/t16-,20+,21+/m0/s1. The van der Waals surface area contributed by atoms with Crippen LogP contribution in [0.1, 0.15) is 48.2 Å². The number of carbonyl (C=O) groups is 1. The molecule has 1 saturated carbocycles. The minimum absolute atomic E-state index is 0.0284. The van der Waals surface area contributed by atoms with Crippen molar-refractivity contribution in [2.45, 2.75) is 55.6 Å². The van der Waals surface area contributed by atoms with Gasteiger partial charge in [0, 0.05) is 18.7 Å². The first-order valence-corrected chi connectivity index (χ1v) is 11.0. The lowest BCUT2D eigenvalue weighted by Crippen LogP contribution is -2.44. The Kier molecular flexibility index (Phi) is 4.64. The fourth-order valence-electron chi connectivity index (χ4n) is 5.13. The minimum Gasteiger partial charge on any atom is -0.336 e. The van der Waals surface area contributed by atoms with Gasteiger partial charge in [0.05, 0.1) is 45.5 Å². The predicted molar refractivity (Wildman–Crippen MR) is 116 cm³/mol. The Balaban J connectivity index is 1.38. The summed E-state index contributed by atoms with van der Waals surface area (Å²) in [7, 11) is 1.80. The number of nitrogens with zero attached hydrogens (tertiary/aromatic N) is 5. The molecule has 3 fully saturated rings. The normalized spacial score (nSPS) is 25.0. The van der Waals surface area contributed by atoms with E-state index in [1.165, 1.54) is 0 Å². The van der Waals surface area contributed by atoms with Gasteiger partial charge in [-0.1, -0.05) is 23.7 Å². The van der Waals surface area contributed by atoms with Crippen LogP contribution in [-0.4, -0.2) is 45.9 Å². The zero-order valence-electron chi connectivity index (χ0n) is 17.3. The number of hydrogen-bond donors (Lipinski definition) is 0. The van der Waals surface area contributed by atoms with Crippen LogP contribution in [0.25, 0.3) is 11.3 Å². The monoisotopic (exact) mass is 431 g/mol. The van der Waals surface area contributed by atoms with E-state index in [1.54, 1.807) is 24.1 Å². The van der Waals surface area contributed by atoms with Crippen molar-refractivity contribution in [3.8, 4) is 23.5 Å². The van der Waals surface area contributed by atoms with Gasteiger partial charge in [0.2, 0.25) is 0 Å². The van der Waals surface area contributed by atoms with Crippen LogP contribution < -0.4 is 0 Å². The molecule has 2 bridgehead atoms. The molecule has 0 radical (unpaired) electrons. The molecule has 3 aliphatic rings. The van der Waals surface area contributed by atoms with Gasteiger partial charge in [0.15, 0.2) is 6.19 Å². The summed E-state index contributed by atoms with van der Waals surface area (Å²) in [5.74, 6) is -0.130. The largest absolute Gasteiger partial charge is 0.336 e. The molecule has 3 heterocycles. The topological polar surface area (TPSA) is 84.0 Å². The maximum atomic E-state index is 13.2. The van der Waals surface area contributed by atoms with Crippen LogP contribution in [0.15, 0.2) is 36.4 Å². The number of fused-ring (bicyclic) bond motifs is 2. The molecule has 6 nitrogen and oxygen atoms in total. The molecule has 5 rings (SSSR count). The number of halogens is 1. The van der Waals surface area contributed by atoms with E-state index in [4.69, 9.17) is 16.6 Å². The van der Waals surface area contributed by atoms with Crippen LogP contribution in [0.5, 0.6) is 0 Å². The third-order valence-corrected chi connectivity index (χ3v) is 7.45. The Bertz CT molecular complexity index is 1150. The van der Waals surface area contributed by atoms with Crippen molar-refractivity contribution in [2.75, 3.05) is 7.05 Å². The van der Waals surface area contributed by atoms with Crippen molar-refractivity contribution in [1.29, 1.82) is 10.5 Å². The van der Waals surface area contributed by atoms with Gasteiger partial charge < -0.3 is 9.80 Å². The van der Waals surface area contributed by atoms with Crippen molar-refractivity contribution in [1.82, 2.24) is 14.8 Å². The number of likely N-dealkylation sites (N-methyl/N-ethyl adjacent to an activating group) is 1. The highest BCUT2D eigenvalue weighted by Gasteiger charge is 2.49. The third kappa shape index (κ3) is 3.14. The molecule has 2 aliphatic heterocycles. The number of carbonyl (C=O) groups excluding carboxylic acids is 1. The zero-order chi connectivity index (χ0) is 21.8. The highest BCUT2D eigenvalue weighted by atomic mass is 35.5. The average molecular weight is 432 g/mol. The van der Waals surface area contributed by atoms with Gasteiger partial charge in [0.25, 0.3) is 5.91 Å². The molecular formula is C24H22ClN5O. The van der Waals surface area contributed by atoms with Crippen LogP contribution >= 0.6 is 11.6 Å². The van der Waals surface area contributed by atoms with Crippen LogP contribution in [0.4, 0.5) is 0 Å². The van der Waals surface area contributed by atoms with E-state index in [1.807, 2.05) is 29.2 Å². The van der Waals surface area contributed by atoms with Crippen LogP contribution in [0, 0.1) is 22.8 Å². The van der Waals surface area contributed by atoms with E-state index in [-0.39, 0.29) is 24.0 Å². The van der Waals surface area contributed by atoms with Gasteiger partial charge in [0.1, 0.15) is 0 Å². The van der Waals surface area contributed by atoms with Gasteiger partial charge >= 0.3 is 0 Å². The van der Waals surface area contributed by atoms with E-state index in [2.05, 4.69) is 12.3 Å². The Labute approximate surface area is 186 Å². The molecular weight excluding hydrogens is 410 g/mol.